The molecule has 0 unspecified atom stereocenters. The van der Waals surface area contributed by atoms with Crippen LogP contribution in [0.5, 0.6) is 0 Å². The molecule has 0 atom stereocenters. The Hall–Kier alpha value is -2.25. The molecule has 0 aliphatic heterocycles. The summed E-state index contributed by atoms with van der Waals surface area (Å²) in [4.78, 5) is 27.1. The topological polar surface area (TPSA) is 97.1 Å². The van der Waals surface area contributed by atoms with Gasteiger partial charge in [-0.15, -0.1) is 11.3 Å². The number of amides is 2. The molecule has 1 aromatic heterocycles. The van der Waals surface area contributed by atoms with Crippen LogP contribution in [0.15, 0.2) is 23.6 Å². The molecule has 0 saturated heterocycles. The van der Waals surface area contributed by atoms with Crippen molar-refractivity contribution in [1.82, 2.24) is 10.3 Å². The van der Waals surface area contributed by atoms with Crippen molar-refractivity contribution in [2.75, 3.05) is 18.4 Å². The fourth-order valence-corrected chi connectivity index (χ4v) is 2.70. The first-order valence-electron chi connectivity index (χ1n) is 6.79. The number of nitrogens with two attached hydrogens (primary N) is 1. The van der Waals surface area contributed by atoms with Crippen LogP contribution in [0, 0.1) is 13.8 Å². The summed E-state index contributed by atoms with van der Waals surface area (Å²) in [6.07, 6.45) is 0. The maximum Gasteiger partial charge on any atom is 0.245 e. The molecule has 0 fully saturated rings. The zero-order valence-electron chi connectivity index (χ0n) is 12.5. The third-order valence-corrected chi connectivity index (χ3v) is 3.80. The number of nitrogens with zero attached hydrogens (tertiary/aromatic N) is 1. The minimum absolute atomic E-state index is 0.117. The Balaban J connectivity index is 2.02. The quantitative estimate of drug-likeness (QED) is 0.777. The lowest BCUT2D eigenvalue weighted by atomic mass is 10.0. The van der Waals surface area contributed by atoms with Crippen molar-refractivity contribution in [3.63, 3.8) is 0 Å². The third kappa shape index (κ3) is 4.12. The largest absolute Gasteiger partial charge is 0.346 e. The Labute approximate surface area is 132 Å². The number of rotatable bonds is 5. The van der Waals surface area contributed by atoms with Gasteiger partial charge in [0.15, 0.2) is 5.13 Å². The van der Waals surface area contributed by atoms with Crippen LogP contribution in [0.3, 0.4) is 0 Å². The second-order valence-corrected chi connectivity index (χ2v) is 5.74. The molecule has 0 saturated carbocycles. The molecular formula is C15H18N4O2S. The number of anilines is 1. The summed E-state index contributed by atoms with van der Waals surface area (Å²) in [6, 6.07) is 6.14. The first kappa shape index (κ1) is 16.1. The van der Waals surface area contributed by atoms with E-state index in [1.165, 1.54) is 16.9 Å². The average Bonchev–Trinajstić information content (AvgIpc) is 2.92. The second-order valence-electron chi connectivity index (χ2n) is 4.89. The number of thiazole rings is 1. The minimum Gasteiger partial charge on any atom is -0.346 e. The molecule has 116 valence electrons. The predicted molar refractivity (Wildman–Crippen MR) is 87.7 cm³/mol. The number of nitrogens with one attached hydrogen (secondary N) is 2. The van der Waals surface area contributed by atoms with E-state index in [1.807, 2.05) is 31.4 Å². The van der Waals surface area contributed by atoms with Crippen molar-refractivity contribution in [1.29, 1.82) is 0 Å². The molecule has 0 radical (unpaired) electrons. The van der Waals surface area contributed by atoms with E-state index in [0.717, 1.165) is 16.8 Å². The zero-order valence-corrected chi connectivity index (χ0v) is 13.3. The molecule has 0 spiro atoms. The van der Waals surface area contributed by atoms with E-state index in [2.05, 4.69) is 21.7 Å². The maximum absolute atomic E-state index is 11.7. The number of hydrogen-bond acceptors (Lipinski definition) is 5. The minimum atomic E-state index is -0.370. The van der Waals surface area contributed by atoms with Gasteiger partial charge in [-0.3, -0.25) is 9.59 Å². The van der Waals surface area contributed by atoms with E-state index in [-0.39, 0.29) is 24.9 Å². The Morgan fingerprint density at radius 2 is 2.05 bits per heavy atom. The van der Waals surface area contributed by atoms with Gasteiger partial charge in [0.25, 0.3) is 0 Å². The van der Waals surface area contributed by atoms with Gasteiger partial charge in [-0.2, -0.15) is 0 Å². The Kier molecular flexibility index (Phi) is 5.24. The van der Waals surface area contributed by atoms with Crippen LogP contribution < -0.4 is 16.4 Å². The molecule has 1 aromatic carbocycles. The van der Waals surface area contributed by atoms with Crippen molar-refractivity contribution in [3.8, 4) is 11.3 Å². The van der Waals surface area contributed by atoms with Crippen molar-refractivity contribution in [2.24, 2.45) is 5.73 Å². The van der Waals surface area contributed by atoms with Crippen LogP contribution in [0.1, 0.15) is 11.1 Å². The summed E-state index contributed by atoms with van der Waals surface area (Å²) in [5, 5.41) is 7.46. The predicted octanol–water partition coefficient (Wildman–Crippen LogP) is 1.44. The van der Waals surface area contributed by atoms with E-state index in [4.69, 9.17) is 5.73 Å². The fourth-order valence-electron chi connectivity index (χ4n) is 1.97. The third-order valence-electron chi connectivity index (χ3n) is 3.04. The normalized spacial score (nSPS) is 10.3. The Bertz CT molecular complexity index is 697. The van der Waals surface area contributed by atoms with Crippen molar-refractivity contribution < 1.29 is 9.59 Å². The van der Waals surface area contributed by atoms with Crippen molar-refractivity contribution in [2.45, 2.75) is 13.8 Å². The van der Waals surface area contributed by atoms with E-state index in [9.17, 15) is 9.59 Å². The average molecular weight is 318 g/mol. The number of carbonyl (C=O) groups excluding carboxylic acids is 2. The lowest BCUT2D eigenvalue weighted by Gasteiger charge is -2.04. The van der Waals surface area contributed by atoms with Gasteiger partial charge in [-0.25, -0.2) is 4.98 Å². The molecular weight excluding hydrogens is 300 g/mol. The molecule has 7 heteroatoms. The monoisotopic (exact) mass is 318 g/mol. The highest BCUT2D eigenvalue weighted by Gasteiger charge is 2.10. The van der Waals surface area contributed by atoms with Gasteiger partial charge in [-0.05, 0) is 19.4 Å². The SMILES string of the molecule is Cc1ccc(-c2csc(NC(=O)CNC(=O)CN)n2)c(C)c1. The van der Waals surface area contributed by atoms with Crippen LogP contribution in [-0.2, 0) is 9.59 Å². The molecule has 4 N–H and O–H groups in total. The first-order chi connectivity index (χ1) is 10.5. The van der Waals surface area contributed by atoms with Gasteiger partial charge < -0.3 is 16.4 Å². The van der Waals surface area contributed by atoms with Gasteiger partial charge >= 0.3 is 0 Å². The van der Waals surface area contributed by atoms with Gasteiger partial charge in [0.05, 0.1) is 18.8 Å². The molecule has 0 aliphatic rings. The van der Waals surface area contributed by atoms with Crippen LogP contribution in [-0.4, -0.2) is 29.9 Å². The Morgan fingerprint density at radius 3 is 2.73 bits per heavy atom. The molecule has 0 bridgehead atoms. The molecule has 2 aromatic rings. The lowest BCUT2D eigenvalue weighted by molar-refractivity contribution is -0.123. The summed E-state index contributed by atoms with van der Waals surface area (Å²) < 4.78 is 0. The fraction of sp³-hybridized carbons (Fsp3) is 0.267. The van der Waals surface area contributed by atoms with E-state index in [1.54, 1.807) is 0 Å². The molecule has 22 heavy (non-hydrogen) atoms. The summed E-state index contributed by atoms with van der Waals surface area (Å²) in [7, 11) is 0. The summed E-state index contributed by atoms with van der Waals surface area (Å²) in [5.74, 6) is -0.700. The highest BCUT2D eigenvalue weighted by Crippen LogP contribution is 2.27. The van der Waals surface area contributed by atoms with Crippen LogP contribution in [0.2, 0.25) is 0 Å². The van der Waals surface area contributed by atoms with Crippen molar-refractivity contribution in [3.05, 3.63) is 34.7 Å². The van der Waals surface area contributed by atoms with Crippen LogP contribution in [0.4, 0.5) is 5.13 Å². The van der Waals surface area contributed by atoms with Gasteiger partial charge in [0, 0.05) is 10.9 Å². The number of aromatic nitrogens is 1. The first-order valence-corrected chi connectivity index (χ1v) is 7.67. The number of benzene rings is 1. The molecule has 0 aliphatic carbocycles. The number of hydrogen-bond donors (Lipinski definition) is 3. The molecule has 1 heterocycles. The zero-order chi connectivity index (χ0) is 16.1. The number of aryl methyl sites for hydroxylation is 2. The summed E-state index contributed by atoms with van der Waals surface area (Å²) in [6.45, 7) is 3.82. The van der Waals surface area contributed by atoms with E-state index in [0.29, 0.717) is 5.13 Å². The van der Waals surface area contributed by atoms with E-state index >= 15 is 0 Å². The van der Waals surface area contributed by atoms with Crippen LogP contribution >= 0.6 is 11.3 Å². The Morgan fingerprint density at radius 1 is 1.27 bits per heavy atom. The summed E-state index contributed by atoms with van der Waals surface area (Å²) in [5.41, 5.74) is 9.35. The molecule has 2 amide bonds. The molecule has 6 nitrogen and oxygen atoms in total. The standard InChI is InChI=1S/C15H18N4O2S/c1-9-3-4-11(10(2)5-9)12-8-22-15(18-12)19-14(21)7-17-13(20)6-16/h3-5,8H,6-7,16H2,1-2H3,(H,17,20)(H,18,19,21). The smallest absolute Gasteiger partial charge is 0.245 e. The highest BCUT2D eigenvalue weighted by molar-refractivity contribution is 7.14. The number of carbonyl (C=O) groups is 2. The van der Waals surface area contributed by atoms with Gasteiger partial charge in [0.2, 0.25) is 11.8 Å². The van der Waals surface area contributed by atoms with Crippen molar-refractivity contribution >= 4 is 28.3 Å². The molecule has 2 rings (SSSR count). The van der Waals surface area contributed by atoms with E-state index < -0.39 is 0 Å². The second kappa shape index (κ2) is 7.15. The van der Waals surface area contributed by atoms with Gasteiger partial charge in [0.1, 0.15) is 0 Å². The lowest BCUT2D eigenvalue weighted by Crippen LogP contribution is -2.36. The maximum atomic E-state index is 11.7. The summed E-state index contributed by atoms with van der Waals surface area (Å²) >= 11 is 1.35. The highest BCUT2D eigenvalue weighted by atomic mass is 32.1. The van der Waals surface area contributed by atoms with Crippen LogP contribution in [0.25, 0.3) is 11.3 Å². The van der Waals surface area contributed by atoms with Gasteiger partial charge in [-0.1, -0.05) is 23.8 Å².